The molecule has 214 valence electrons. The molecule has 6 nitrogen and oxygen atoms in total. The number of H-pyrrole nitrogens is 1. The van der Waals surface area contributed by atoms with Gasteiger partial charge in [0.15, 0.2) is 0 Å². The van der Waals surface area contributed by atoms with Crippen molar-refractivity contribution < 1.29 is 27.5 Å². The highest BCUT2D eigenvalue weighted by molar-refractivity contribution is 6.30. The maximum Gasteiger partial charge on any atom is 0.416 e. The fourth-order valence-electron chi connectivity index (χ4n) is 5.25. The van der Waals surface area contributed by atoms with Crippen LogP contribution in [-0.2, 0) is 23.9 Å². The third-order valence-corrected chi connectivity index (χ3v) is 7.58. The first-order chi connectivity index (χ1) is 19.6. The number of hydrogen-bond donors (Lipinski definition) is 3. The highest BCUT2D eigenvalue weighted by atomic mass is 35.5. The number of benzene rings is 3. The van der Waals surface area contributed by atoms with Gasteiger partial charge >= 0.3 is 6.18 Å². The number of aliphatic hydroxyl groups excluding tert-OH is 1. The number of aromatic nitrogens is 2. The van der Waals surface area contributed by atoms with Crippen LogP contribution in [0.25, 0.3) is 11.3 Å². The van der Waals surface area contributed by atoms with Gasteiger partial charge in [-0.05, 0) is 59.5 Å². The van der Waals surface area contributed by atoms with Crippen molar-refractivity contribution in [2.45, 2.75) is 37.2 Å². The molecule has 1 aliphatic rings. The van der Waals surface area contributed by atoms with Gasteiger partial charge in [0, 0.05) is 36.1 Å². The molecule has 4 aromatic rings. The number of rotatable bonds is 8. The Kier molecular flexibility index (Phi) is 8.44. The van der Waals surface area contributed by atoms with E-state index in [1.54, 1.807) is 30.5 Å². The summed E-state index contributed by atoms with van der Waals surface area (Å²) in [5.74, 6) is -1.40. The van der Waals surface area contributed by atoms with Gasteiger partial charge in [-0.25, -0.2) is 4.39 Å². The summed E-state index contributed by atoms with van der Waals surface area (Å²) < 4.78 is 52.6. The van der Waals surface area contributed by atoms with Crippen molar-refractivity contribution in [3.8, 4) is 11.3 Å². The predicted molar refractivity (Wildman–Crippen MR) is 147 cm³/mol. The van der Waals surface area contributed by atoms with Crippen LogP contribution in [0.5, 0.6) is 0 Å². The van der Waals surface area contributed by atoms with Crippen LogP contribution < -0.4 is 5.32 Å². The normalized spacial score (nSPS) is 19.4. The van der Waals surface area contributed by atoms with Crippen LogP contribution >= 0.6 is 11.6 Å². The largest absolute Gasteiger partial charge is 0.416 e. The summed E-state index contributed by atoms with van der Waals surface area (Å²) in [6, 6.07) is 17.0. The van der Waals surface area contributed by atoms with Crippen molar-refractivity contribution in [2.75, 3.05) is 13.1 Å². The topological polar surface area (TPSA) is 81.2 Å². The Morgan fingerprint density at radius 2 is 1.83 bits per heavy atom. The second kappa shape index (κ2) is 12.0. The summed E-state index contributed by atoms with van der Waals surface area (Å²) in [6.07, 6.45) is -3.59. The molecule has 11 heteroatoms. The van der Waals surface area contributed by atoms with Crippen LogP contribution in [0.4, 0.5) is 17.6 Å². The highest BCUT2D eigenvalue weighted by Gasteiger charge is 2.45. The van der Waals surface area contributed by atoms with Gasteiger partial charge in [0.1, 0.15) is 11.9 Å². The van der Waals surface area contributed by atoms with Gasteiger partial charge in [-0.3, -0.25) is 14.8 Å². The zero-order valence-electron chi connectivity index (χ0n) is 21.7. The molecular formula is C30H27ClF4N4O2. The molecule has 1 aliphatic heterocycles. The zero-order valence-corrected chi connectivity index (χ0v) is 22.5. The molecule has 3 N–H and O–H groups in total. The second-order valence-corrected chi connectivity index (χ2v) is 10.5. The van der Waals surface area contributed by atoms with E-state index in [0.717, 1.165) is 29.0 Å². The summed E-state index contributed by atoms with van der Waals surface area (Å²) in [7, 11) is 0. The molecule has 1 fully saturated rings. The van der Waals surface area contributed by atoms with E-state index in [4.69, 9.17) is 11.6 Å². The van der Waals surface area contributed by atoms with E-state index in [2.05, 4.69) is 15.5 Å². The maximum absolute atomic E-state index is 14.0. The lowest BCUT2D eigenvalue weighted by Crippen LogP contribution is -2.48. The molecule has 0 aliphatic carbocycles. The van der Waals surface area contributed by atoms with E-state index >= 15 is 0 Å². The lowest BCUT2D eigenvalue weighted by atomic mass is 9.93. The number of alkyl halides is 3. The smallest absolute Gasteiger partial charge is 0.390 e. The Morgan fingerprint density at radius 1 is 1.10 bits per heavy atom. The van der Waals surface area contributed by atoms with Crippen molar-refractivity contribution in [3.05, 3.63) is 112 Å². The minimum Gasteiger partial charge on any atom is -0.390 e. The quantitative estimate of drug-likeness (QED) is 0.236. The molecule has 0 radical (unpaired) electrons. The Morgan fingerprint density at radius 3 is 2.51 bits per heavy atom. The van der Waals surface area contributed by atoms with Crippen LogP contribution in [0.2, 0.25) is 5.02 Å². The first-order valence-electron chi connectivity index (χ1n) is 13.0. The number of nitrogens with one attached hydrogen (secondary N) is 2. The van der Waals surface area contributed by atoms with E-state index in [1.165, 1.54) is 24.3 Å². The van der Waals surface area contributed by atoms with Gasteiger partial charge in [0.25, 0.3) is 0 Å². The number of nitrogens with zero attached hydrogens (tertiary/aromatic N) is 2. The summed E-state index contributed by atoms with van der Waals surface area (Å²) in [4.78, 5) is 15.3. The standard InChI is InChI=1S/C30H27ClF4N4O2/c31-23-10-6-19(7-11-23)26-21(15-37-38-26)16-39-17-25(20-2-1-3-24(32)14-20)28(40)27(39)29(41)36-13-12-18-4-8-22(9-5-18)30(33,34)35/h1-11,14-15,25,27-28,40H,12-13,16-17H2,(H,36,41)(H,37,38)/t25-,27+,28-/m1/s1. The molecular weight excluding hydrogens is 560 g/mol. The van der Waals surface area contributed by atoms with Gasteiger partial charge < -0.3 is 10.4 Å². The first-order valence-corrected chi connectivity index (χ1v) is 13.4. The monoisotopic (exact) mass is 586 g/mol. The van der Waals surface area contributed by atoms with Crippen molar-refractivity contribution in [3.63, 3.8) is 0 Å². The lowest BCUT2D eigenvalue weighted by Gasteiger charge is -2.25. The molecule has 41 heavy (non-hydrogen) atoms. The molecule has 0 saturated carbocycles. The average Bonchev–Trinajstić information content (AvgIpc) is 3.53. The summed E-state index contributed by atoms with van der Waals surface area (Å²) >= 11 is 6.03. The van der Waals surface area contributed by atoms with Crippen LogP contribution in [0.15, 0.2) is 79.0 Å². The minimum atomic E-state index is -4.42. The molecule has 3 atom stereocenters. The number of carbonyl (C=O) groups is 1. The van der Waals surface area contributed by atoms with Gasteiger partial charge in [-0.1, -0.05) is 48.0 Å². The average molecular weight is 587 g/mol. The third-order valence-electron chi connectivity index (χ3n) is 7.32. The molecule has 1 amide bonds. The Labute approximate surface area is 239 Å². The molecule has 0 bridgehead atoms. The van der Waals surface area contributed by atoms with E-state index in [9.17, 15) is 27.5 Å². The number of hydrogen-bond acceptors (Lipinski definition) is 4. The molecule has 1 aromatic heterocycles. The molecule has 1 saturated heterocycles. The number of likely N-dealkylation sites (tertiary alicyclic amines) is 1. The summed E-state index contributed by atoms with van der Waals surface area (Å²) in [5, 5.41) is 21.9. The molecule has 5 rings (SSSR count). The van der Waals surface area contributed by atoms with E-state index in [-0.39, 0.29) is 19.6 Å². The zero-order chi connectivity index (χ0) is 29.1. The molecule has 3 aromatic carbocycles. The number of aliphatic hydroxyl groups is 1. The minimum absolute atomic E-state index is 0.160. The van der Waals surface area contributed by atoms with E-state index in [0.29, 0.717) is 22.6 Å². The summed E-state index contributed by atoms with van der Waals surface area (Å²) in [5.41, 5.74) is 2.85. The maximum atomic E-state index is 14.0. The Balaban J connectivity index is 1.33. The van der Waals surface area contributed by atoms with E-state index < -0.39 is 41.5 Å². The van der Waals surface area contributed by atoms with Gasteiger partial charge in [0.2, 0.25) is 5.91 Å². The number of aromatic amines is 1. The Bertz CT molecular complexity index is 1490. The van der Waals surface area contributed by atoms with Crippen molar-refractivity contribution >= 4 is 17.5 Å². The van der Waals surface area contributed by atoms with E-state index in [1.807, 2.05) is 17.0 Å². The molecule has 2 heterocycles. The van der Waals surface area contributed by atoms with Crippen LogP contribution in [0.1, 0.15) is 28.2 Å². The number of halogens is 5. The second-order valence-electron chi connectivity index (χ2n) is 10.0. The van der Waals surface area contributed by atoms with Gasteiger partial charge in [0.05, 0.1) is 23.6 Å². The predicted octanol–water partition coefficient (Wildman–Crippen LogP) is 5.58. The van der Waals surface area contributed by atoms with Crippen LogP contribution in [0.3, 0.4) is 0 Å². The number of carbonyl (C=O) groups excluding carboxylic acids is 1. The third kappa shape index (κ3) is 6.61. The highest BCUT2D eigenvalue weighted by Crippen LogP contribution is 2.35. The Hall–Kier alpha value is -3.73. The van der Waals surface area contributed by atoms with Crippen molar-refractivity contribution in [2.24, 2.45) is 0 Å². The van der Waals surface area contributed by atoms with Crippen molar-refractivity contribution in [1.29, 1.82) is 0 Å². The van der Waals surface area contributed by atoms with Gasteiger partial charge in [-0.2, -0.15) is 18.3 Å². The SMILES string of the molecule is O=C(NCCc1ccc(C(F)(F)F)cc1)[C@@H]1[C@H](O)[C@@H](c2cccc(F)c2)CN1Cc1cn[nH]c1-c1ccc(Cl)cc1. The fourth-order valence-corrected chi connectivity index (χ4v) is 5.37. The fraction of sp³-hybridized carbons (Fsp3) is 0.267. The van der Waals surface area contributed by atoms with Crippen LogP contribution in [-0.4, -0.2) is 51.3 Å². The van der Waals surface area contributed by atoms with Crippen LogP contribution in [0, 0.1) is 5.82 Å². The summed E-state index contributed by atoms with van der Waals surface area (Å²) in [6.45, 7) is 0.717. The van der Waals surface area contributed by atoms with Gasteiger partial charge in [-0.15, -0.1) is 0 Å². The first kappa shape index (κ1) is 28.8. The lowest BCUT2D eigenvalue weighted by molar-refractivity contribution is -0.137. The van der Waals surface area contributed by atoms with Crippen molar-refractivity contribution in [1.82, 2.24) is 20.4 Å². The molecule has 0 unspecified atom stereocenters. The molecule has 0 spiro atoms. The number of amides is 1.